The summed E-state index contributed by atoms with van der Waals surface area (Å²) in [5.74, 6) is -0.902. The van der Waals surface area contributed by atoms with Crippen molar-refractivity contribution in [3.63, 3.8) is 0 Å². The summed E-state index contributed by atoms with van der Waals surface area (Å²) < 4.78 is 0. The van der Waals surface area contributed by atoms with Gasteiger partial charge in [0.05, 0.1) is 0 Å². The third-order valence-electron chi connectivity index (χ3n) is 4.91. The molecule has 0 radical (unpaired) electrons. The Labute approximate surface area is 153 Å². The van der Waals surface area contributed by atoms with Crippen molar-refractivity contribution in [1.29, 1.82) is 0 Å². The van der Waals surface area contributed by atoms with E-state index in [1.54, 1.807) is 12.1 Å². The van der Waals surface area contributed by atoms with Crippen LogP contribution in [0.3, 0.4) is 0 Å². The van der Waals surface area contributed by atoms with Crippen LogP contribution in [-0.4, -0.2) is 16.2 Å². The molecule has 3 nitrogen and oxygen atoms in total. The van der Waals surface area contributed by atoms with Gasteiger partial charge in [0.15, 0.2) is 0 Å². The van der Waals surface area contributed by atoms with Crippen LogP contribution in [0, 0.1) is 0 Å². The maximum absolute atomic E-state index is 11.1. The number of benzene rings is 2. The number of carboxylic acids is 1. The van der Waals surface area contributed by atoms with Crippen molar-refractivity contribution >= 4 is 5.97 Å². The quantitative estimate of drug-likeness (QED) is 0.798. The van der Waals surface area contributed by atoms with Crippen LogP contribution in [0.25, 0.3) is 0 Å². The highest BCUT2D eigenvalue weighted by atomic mass is 16.4. The van der Waals surface area contributed by atoms with Gasteiger partial charge in [-0.25, -0.2) is 4.79 Å². The molecular formula is C23H22O3. The van der Waals surface area contributed by atoms with Gasteiger partial charge in [-0.15, -0.1) is 0 Å². The third kappa shape index (κ3) is 3.21. The fraction of sp³-hybridized carbons (Fsp3) is 0.174. The van der Waals surface area contributed by atoms with Gasteiger partial charge in [-0.2, -0.15) is 0 Å². The molecule has 0 unspecified atom stereocenters. The number of aryl methyl sites for hydroxylation is 2. The van der Waals surface area contributed by atoms with Crippen molar-refractivity contribution in [2.45, 2.75) is 26.2 Å². The highest BCUT2D eigenvalue weighted by Gasteiger charge is 2.25. The van der Waals surface area contributed by atoms with E-state index in [4.69, 9.17) is 5.11 Å². The molecule has 3 heteroatoms. The summed E-state index contributed by atoms with van der Waals surface area (Å²) in [5.41, 5.74) is 6.10. The molecule has 4 rings (SSSR count). The second-order valence-corrected chi connectivity index (χ2v) is 6.50. The number of carbonyl (C=O) groups is 1. The van der Waals surface area contributed by atoms with Gasteiger partial charge in [0.1, 0.15) is 11.3 Å². The number of hydrogen-bond donors (Lipinski definition) is 2. The normalized spacial score (nSPS) is 14.8. The Morgan fingerprint density at radius 2 is 1.46 bits per heavy atom. The third-order valence-corrected chi connectivity index (χ3v) is 4.91. The van der Waals surface area contributed by atoms with E-state index in [0.29, 0.717) is 5.92 Å². The average molecular weight is 346 g/mol. The number of rotatable bonds is 5. The van der Waals surface area contributed by atoms with Crippen LogP contribution in [0.15, 0.2) is 77.9 Å². The van der Waals surface area contributed by atoms with Crippen LogP contribution in [0.2, 0.25) is 0 Å². The lowest BCUT2D eigenvalue weighted by atomic mass is 9.91. The second-order valence-electron chi connectivity index (χ2n) is 6.50. The topological polar surface area (TPSA) is 57.5 Å². The average Bonchev–Trinajstić information content (AvgIpc) is 3.21. The first kappa shape index (κ1) is 17.7. The lowest BCUT2D eigenvalue weighted by Gasteiger charge is -2.12. The number of hydrogen-bond acceptors (Lipinski definition) is 2. The van der Waals surface area contributed by atoms with Crippen molar-refractivity contribution in [3.05, 3.63) is 100 Å². The largest absolute Gasteiger partial charge is 0.507 e. The number of phenols is 1. The molecule has 26 heavy (non-hydrogen) atoms. The van der Waals surface area contributed by atoms with Crippen LogP contribution in [0.5, 0.6) is 5.75 Å². The number of carboxylic acid groups (broad SMARTS) is 1. The highest BCUT2D eigenvalue weighted by Crippen LogP contribution is 2.42. The number of aromatic hydroxyl groups is 1. The maximum atomic E-state index is 11.1. The van der Waals surface area contributed by atoms with E-state index in [-0.39, 0.29) is 18.7 Å². The Morgan fingerprint density at radius 3 is 2.04 bits per heavy atom. The summed E-state index contributed by atoms with van der Waals surface area (Å²) in [7, 11) is 0. The molecule has 2 N–H and O–H groups in total. The summed E-state index contributed by atoms with van der Waals surface area (Å²) in [6.07, 6.45) is 10.3. The monoisotopic (exact) mass is 346 g/mol. The van der Waals surface area contributed by atoms with E-state index in [0.717, 1.165) is 18.4 Å². The van der Waals surface area contributed by atoms with Crippen molar-refractivity contribution in [3.8, 4) is 5.75 Å². The molecule has 2 aliphatic carbocycles. The summed E-state index contributed by atoms with van der Waals surface area (Å²) in [4.78, 5) is 11.1. The first-order valence-electron chi connectivity index (χ1n) is 8.36. The fourth-order valence-corrected chi connectivity index (χ4v) is 3.53. The van der Waals surface area contributed by atoms with E-state index < -0.39 is 5.97 Å². The molecule has 132 valence electrons. The molecule has 0 aliphatic heterocycles. The van der Waals surface area contributed by atoms with Gasteiger partial charge < -0.3 is 10.2 Å². The van der Waals surface area contributed by atoms with Crippen LogP contribution < -0.4 is 0 Å². The Balaban J connectivity index is 0.00000196. The lowest BCUT2D eigenvalue weighted by molar-refractivity contribution is 0.0693. The SMILES string of the molecule is C.O=C(O)c1cc(CCc2ccc(C3C4=CC=C3C=C4)cc2)ccc1O. The van der Waals surface area contributed by atoms with Gasteiger partial charge >= 0.3 is 5.97 Å². The van der Waals surface area contributed by atoms with Crippen molar-refractivity contribution in [2.24, 2.45) is 0 Å². The van der Waals surface area contributed by atoms with Gasteiger partial charge in [-0.3, -0.25) is 0 Å². The highest BCUT2D eigenvalue weighted by molar-refractivity contribution is 5.90. The maximum Gasteiger partial charge on any atom is 0.339 e. The second kappa shape index (κ2) is 7.04. The lowest BCUT2D eigenvalue weighted by Crippen LogP contribution is -2.00. The van der Waals surface area contributed by atoms with E-state index in [2.05, 4.69) is 48.6 Å². The minimum atomic E-state index is -1.10. The molecule has 0 saturated carbocycles. The zero-order valence-electron chi connectivity index (χ0n) is 13.6. The van der Waals surface area contributed by atoms with Crippen molar-refractivity contribution < 1.29 is 15.0 Å². The van der Waals surface area contributed by atoms with Crippen molar-refractivity contribution in [1.82, 2.24) is 0 Å². The minimum absolute atomic E-state index is 0. The van der Waals surface area contributed by atoms with Crippen LogP contribution in [-0.2, 0) is 12.8 Å². The molecule has 2 aliphatic rings. The molecule has 0 amide bonds. The Bertz CT molecular complexity index is 908. The minimum Gasteiger partial charge on any atom is -0.507 e. The number of allylic oxidation sites excluding steroid dienone is 6. The molecule has 0 aromatic heterocycles. The Morgan fingerprint density at radius 1 is 0.885 bits per heavy atom. The Hall–Kier alpha value is -3.07. The first-order chi connectivity index (χ1) is 12.1. The number of aromatic carboxylic acids is 1. The molecule has 0 atom stereocenters. The smallest absolute Gasteiger partial charge is 0.339 e. The van der Waals surface area contributed by atoms with Gasteiger partial charge in [-0.1, -0.05) is 62.1 Å². The van der Waals surface area contributed by atoms with Crippen LogP contribution >= 0.6 is 0 Å². The zero-order valence-corrected chi connectivity index (χ0v) is 13.6. The molecular weight excluding hydrogens is 324 g/mol. The summed E-state index contributed by atoms with van der Waals surface area (Å²) in [6, 6.07) is 13.4. The zero-order chi connectivity index (χ0) is 17.4. The molecule has 0 saturated heterocycles. The standard InChI is InChI=1S/C22H18O3.CH4/c23-20-12-5-15(13-19(20)22(24)25)2-1-14-3-6-16(7-4-14)21-17-8-9-18(21)11-10-17;/h3-13,21,23H,1-2H2,(H,24,25);1H4. The predicted octanol–water partition coefficient (Wildman–Crippen LogP) is 5.03. The predicted molar refractivity (Wildman–Crippen MR) is 104 cm³/mol. The summed E-state index contributed by atoms with van der Waals surface area (Å²) in [5, 5.41) is 18.7. The summed E-state index contributed by atoms with van der Waals surface area (Å²) >= 11 is 0. The van der Waals surface area contributed by atoms with Crippen LogP contribution in [0.4, 0.5) is 0 Å². The van der Waals surface area contributed by atoms with E-state index in [1.807, 2.05) is 0 Å². The van der Waals surface area contributed by atoms with Gasteiger partial charge in [0.25, 0.3) is 0 Å². The molecule has 2 aromatic rings. The van der Waals surface area contributed by atoms with E-state index >= 15 is 0 Å². The van der Waals surface area contributed by atoms with Gasteiger partial charge in [0.2, 0.25) is 0 Å². The molecule has 0 fully saturated rings. The van der Waals surface area contributed by atoms with E-state index in [1.165, 1.54) is 28.3 Å². The van der Waals surface area contributed by atoms with Gasteiger partial charge in [0, 0.05) is 5.92 Å². The molecule has 0 heterocycles. The van der Waals surface area contributed by atoms with Crippen LogP contribution in [0.1, 0.15) is 40.4 Å². The molecule has 2 aromatic carbocycles. The van der Waals surface area contributed by atoms with Crippen molar-refractivity contribution in [2.75, 3.05) is 0 Å². The first-order valence-corrected chi connectivity index (χ1v) is 8.36. The fourth-order valence-electron chi connectivity index (χ4n) is 3.53. The molecule has 0 spiro atoms. The Kier molecular flexibility index (Phi) is 4.81. The molecule has 2 bridgehead atoms. The summed E-state index contributed by atoms with van der Waals surface area (Å²) in [6.45, 7) is 0. The number of fused-ring (bicyclic) bond motifs is 2. The van der Waals surface area contributed by atoms with E-state index in [9.17, 15) is 9.90 Å². The van der Waals surface area contributed by atoms with Gasteiger partial charge in [-0.05, 0) is 52.8 Å².